The molecule has 5 heteroatoms. The molecule has 0 aliphatic carbocycles. The summed E-state index contributed by atoms with van der Waals surface area (Å²) in [5, 5.41) is 18.2. The van der Waals surface area contributed by atoms with Crippen LogP contribution in [-0.4, -0.2) is 34.5 Å². The first kappa shape index (κ1) is 16.4. The number of aliphatic carboxylic acids is 1. The van der Waals surface area contributed by atoms with Gasteiger partial charge in [-0.2, -0.15) is 0 Å². The van der Waals surface area contributed by atoms with Gasteiger partial charge in [0.25, 0.3) is 0 Å². The first-order valence-corrected chi connectivity index (χ1v) is 6.20. The Hall–Kier alpha value is -0.650. The third-order valence-corrected chi connectivity index (χ3v) is 2.73. The Labute approximate surface area is 103 Å². The van der Waals surface area contributed by atoms with Crippen LogP contribution in [0.3, 0.4) is 0 Å². The molecule has 2 atom stereocenters. The average Bonchev–Trinajstić information content (AvgIpc) is 2.28. The molecule has 2 N–H and O–H groups in total. The number of hydrogen-bond acceptors (Lipinski definition) is 4. The summed E-state index contributed by atoms with van der Waals surface area (Å²) in [4.78, 5) is 21.2. The standard InChI is InChI=1S/C12H24O5/c1-4-6-8-12(5-2,11(14)15)17-16-9-7-10(3)13/h10,13H,4-9H2,1-3H3,(H,14,15). The van der Waals surface area contributed by atoms with Crippen molar-refractivity contribution in [1.82, 2.24) is 0 Å². The smallest absolute Gasteiger partial charge is 0.339 e. The largest absolute Gasteiger partial charge is 0.479 e. The van der Waals surface area contributed by atoms with Gasteiger partial charge < -0.3 is 10.2 Å². The van der Waals surface area contributed by atoms with Gasteiger partial charge in [-0.25, -0.2) is 14.6 Å². The molecular formula is C12H24O5. The molecule has 2 unspecified atom stereocenters. The van der Waals surface area contributed by atoms with Crippen LogP contribution in [0.15, 0.2) is 0 Å². The molecule has 5 nitrogen and oxygen atoms in total. The first-order chi connectivity index (χ1) is 7.98. The lowest BCUT2D eigenvalue weighted by molar-refractivity contribution is -0.358. The maximum Gasteiger partial charge on any atom is 0.339 e. The van der Waals surface area contributed by atoms with E-state index in [4.69, 9.17) is 14.9 Å². The fourth-order valence-electron chi connectivity index (χ4n) is 1.41. The molecule has 0 bridgehead atoms. The van der Waals surface area contributed by atoms with Crippen molar-refractivity contribution >= 4 is 5.97 Å². The molecule has 0 rings (SSSR count). The molecule has 0 radical (unpaired) electrons. The predicted octanol–water partition coefficient (Wildman–Crippen LogP) is 2.13. The van der Waals surface area contributed by atoms with Gasteiger partial charge in [-0.1, -0.05) is 26.7 Å². The van der Waals surface area contributed by atoms with E-state index in [-0.39, 0.29) is 6.61 Å². The van der Waals surface area contributed by atoms with Gasteiger partial charge in [-0.3, -0.25) is 0 Å². The highest BCUT2D eigenvalue weighted by molar-refractivity contribution is 5.77. The molecule has 0 fully saturated rings. The highest BCUT2D eigenvalue weighted by atomic mass is 17.2. The SMILES string of the molecule is CCCCC(CC)(OOCCC(C)O)C(=O)O. The zero-order valence-electron chi connectivity index (χ0n) is 10.9. The number of unbranched alkanes of at least 4 members (excludes halogenated alkanes) is 1. The number of hydrogen-bond donors (Lipinski definition) is 2. The minimum atomic E-state index is -1.26. The van der Waals surface area contributed by atoms with Crippen LogP contribution in [0, 0.1) is 0 Å². The molecule has 0 saturated heterocycles. The van der Waals surface area contributed by atoms with Gasteiger partial charge in [0.2, 0.25) is 0 Å². The van der Waals surface area contributed by atoms with Crippen molar-refractivity contribution in [3.63, 3.8) is 0 Å². The van der Waals surface area contributed by atoms with E-state index in [2.05, 4.69) is 0 Å². The Morgan fingerprint density at radius 3 is 2.47 bits per heavy atom. The molecule has 0 aromatic carbocycles. The lowest BCUT2D eigenvalue weighted by Gasteiger charge is -2.26. The van der Waals surface area contributed by atoms with Crippen LogP contribution in [-0.2, 0) is 14.6 Å². The molecule has 102 valence electrons. The lowest BCUT2D eigenvalue weighted by atomic mass is 9.94. The second-order valence-electron chi connectivity index (χ2n) is 4.30. The molecular weight excluding hydrogens is 224 g/mol. The summed E-state index contributed by atoms with van der Waals surface area (Å²) in [7, 11) is 0. The summed E-state index contributed by atoms with van der Waals surface area (Å²) in [6.07, 6.45) is 2.43. The third-order valence-electron chi connectivity index (χ3n) is 2.73. The summed E-state index contributed by atoms with van der Waals surface area (Å²) < 4.78 is 0. The summed E-state index contributed by atoms with van der Waals surface area (Å²) in [5.74, 6) is -0.995. The Kier molecular flexibility index (Phi) is 8.12. The molecule has 0 aliphatic rings. The van der Waals surface area contributed by atoms with Crippen molar-refractivity contribution in [3.8, 4) is 0 Å². The van der Waals surface area contributed by atoms with Gasteiger partial charge in [0.1, 0.15) is 0 Å². The van der Waals surface area contributed by atoms with Crippen molar-refractivity contribution in [1.29, 1.82) is 0 Å². The molecule has 0 spiro atoms. The maximum absolute atomic E-state index is 11.2. The number of aliphatic hydroxyl groups is 1. The molecule has 0 aromatic rings. The van der Waals surface area contributed by atoms with Crippen LogP contribution < -0.4 is 0 Å². The molecule has 0 saturated carbocycles. The minimum absolute atomic E-state index is 0.193. The fourth-order valence-corrected chi connectivity index (χ4v) is 1.41. The fraction of sp³-hybridized carbons (Fsp3) is 0.917. The molecule has 17 heavy (non-hydrogen) atoms. The average molecular weight is 248 g/mol. The van der Waals surface area contributed by atoms with Crippen molar-refractivity contribution in [3.05, 3.63) is 0 Å². The number of carboxylic acid groups (broad SMARTS) is 1. The van der Waals surface area contributed by atoms with Crippen molar-refractivity contribution in [2.75, 3.05) is 6.61 Å². The second-order valence-corrected chi connectivity index (χ2v) is 4.30. The zero-order chi connectivity index (χ0) is 13.3. The van der Waals surface area contributed by atoms with Crippen molar-refractivity contribution in [2.45, 2.75) is 64.6 Å². The second kappa shape index (κ2) is 8.44. The van der Waals surface area contributed by atoms with E-state index in [0.29, 0.717) is 19.3 Å². The molecule has 0 amide bonds. The number of carboxylic acids is 1. The predicted molar refractivity (Wildman–Crippen MR) is 63.5 cm³/mol. The van der Waals surface area contributed by atoms with E-state index in [1.807, 2.05) is 6.92 Å². The number of aliphatic hydroxyl groups excluding tert-OH is 1. The van der Waals surface area contributed by atoms with E-state index in [1.54, 1.807) is 13.8 Å². The van der Waals surface area contributed by atoms with E-state index < -0.39 is 17.7 Å². The van der Waals surface area contributed by atoms with E-state index in [0.717, 1.165) is 12.8 Å². The normalized spacial score (nSPS) is 16.5. The highest BCUT2D eigenvalue weighted by Crippen LogP contribution is 2.24. The van der Waals surface area contributed by atoms with Crippen LogP contribution in [0.5, 0.6) is 0 Å². The van der Waals surface area contributed by atoms with Crippen LogP contribution in [0.25, 0.3) is 0 Å². The topological polar surface area (TPSA) is 76.0 Å². The summed E-state index contributed by atoms with van der Waals surface area (Å²) in [5.41, 5.74) is -1.26. The number of rotatable bonds is 10. The first-order valence-electron chi connectivity index (χ1n) is 6.20. The maximum atomic E-state index is 11.2. The van der Waals surface area contributed by atoms with Crippen LogP contribution >= 0.6 is 0 Å². The highest BCUT2D eigenvalue weighted by Gasteiger charge is 2.39. The van der Waals surface area contributed by atoms with Gasteiger partial charge >= 0.3 is 5.97 Å². The van der Waals surface area contributed by atoms with E-state index in [9.17, 15) is 9.90 Å². The Bertz CT molecular complexity index is 217. The minimum Gasteiger partial charge on any atom is -0.479 e. The van der Waals surface area contributed by atoms with Gasteiger partial charge in [-0.05, 0) is 26.2 Å². The Balaban J connectivity index is 4.22. The van der Waals surface area contributed by atoms with Crippen LogP contribution in [0.4, 0.5) is 0 Å². The van der Waals surface area contributed by atoms with Crippen LogP contribution in [0.2, 0.25) is 0 Å². The van der Waals surface area contributed by atoms with Gasteiger partial charge in [-0.15, -0.1) is 0 Å². The zero-order valence-corrected chi connectivity index (χ0v) is 10.9. The van der Waals surface area contributed by atoms with Crippen LogP contribution in [0.1, 0.15) is 52.9 Å². The van der Waals surface area contributed by atoms with Gasteiger partial charge in [0.15, 0.2) is 5.60 Å². The monoisotopic (exact) mass is 248 g/mol. The number of carbonyl (C=O) groups is 1. The summed E-state index contributed by atoms with van der Waals surface area (Å²) in [6.45, 7) is 5.60. The summed E-state index contributed by atoms with van der Waals surface area (Å²) in [6, 6.07) is 0. The lowest BCUT2D eigenvalue weighted by Crippen LogP contribution is -2.41. The Morgan fingerprint density at radius 1 is 1.41 bits per heavy atom. The summed E-state index contributed by atoms with van der Waals surface area (Å²) >= 11 is 0. The molecule has 0 heterocycles. The van der Waals surface area contributed by atoms with E-state index in [1.165, 1.54) is 0 Å². The van der Waals surface area contributed by atoms with Gasteiger partial charge in [0, 0.05) is 0 Å². The van der Waals surface area contributed by atoms with E-state index >= 15 is 0 Å². The molecule has 0 aliphatic heterocycles. The van der Waals surface area contributed by atoms with Crippen molar-refractivity contribution < 1.29 is 24.8 Å². The van der Waals surface area contributed by atoms with Gasteiger partial charge in [0.05, 0.1) is 12.7 Å². The third kappa shape index (κ3) is 6.00. The quantitative estimate of drug-likeness (QED) is 0.352. The Morgan fingerprint density at radius 2 is 2.06 bits per heavy atom. The molecule has 0 aromatic heterocycles. The van der Waals surface area contributed by atoms with Crippen molar-refractivity contribution in [2.24, 2.45) is 0 Å².